The Kier molecular flexibility index (Phi) is 4.56. The average molecular weight is 337 g/mol. The van der Waals surface area contributed by atoms with Crippen LogP contribution in [-0.2, 0) is 13.1 Å². The van der Waals surface area contributed by atoms with Crippen LogP contribution in [0.5, 0.6) is 0 Å². The molecule has 0 spiro atoms. The molecule has 3 rings (SSSR count). The topological polar surface area (TPSA) is 45.2 Å². The van der Waals surface area contributed by atoms with Crippen molar-refractivity contribution in [3.8, 4) is 0 Å². The van der Waals surface area contributed by atoms with Gasteiger partial charge in [-0.05, 0) is 25.8 Å². The van der Waals surface area contributed by atoms with Gasteiger partial charge in [0.2, 0.25) is 0 Å². The number of hydrogen-bond acceptors (Lipinski definition) is 3. The highest BCUT2D eigenvalue weighted by molar-refractivity contribution is 7.11. The lowest BCUT2D eigenvalue weighted by molar-refractivity contribution is 0.191. The van der Waals surface area contributed by atoms with E-state index in [0.717, 1.165) is 28.8 Å². The van der Waals surface area contributed by atoms with Crippen molar-refractivity contribution in [3.63, 3.8) is 0 Å². The summed E-state index contributed by atoms with van der Waals surface area (Å²) in [6.45, 7) is 2.45. The van der Waals surface area contributed by atoms with Crippen LogP contribution in [0.25, 0.3) is 0 Å². The van der Waals surface area contributed by atoms with E-state index >= 15 is 0 Å². The number of aromatic nitrogens is 1. The largest absolute Gasteiger partial charge is 0.331 e. The summed E-state index contributed by atoms with van der Waals surface area (Å²) in [7, 11) is 0. The number of thiazole rings is 1. The second-order valence-electron chi connectivity index (χ2n) is 5.62. The molecule has 1 fully saturated rings. The first-order chi connectivity index (χ1) is 11.0. The second-order valence-corrected chi connectivity index (χ2v) is 6.94. The Morgan fingerprint density at radius 2 is 2.22 bits per heavy atom. The summed E-state index contributed by atoms with van der Waals surface area (Å²) >= 11 is 1.53. The number of carbonyl (C=O) groups excluding carboxylic acids is 1. The first kappa shape index (κ1) is 15.9. The van der Waals surface area contributed by atoms with E-state index in [-0.39, 0.29) is 18.6 Å². The molecule has 1 aliphatic rings. The molecule has 0 atom stereocenters. The van der Waals surface area contributed by atoms with Crippen molar-refractivity contribution in [2.24, 2.45) is 0 Å². The lowest BCUT2D eigenvalue weighted by Gasteiger charge is -2.23. The molecule has 122 valence electrons. The van der Waals surface area contributed by atoms with E-state index in [2.05, 4.69) is 10.3 Å². The van der Waals surface area contributed by atoms with Crippen molar-refractivity contribution < 1.29 is 13.6 Å². The maximum Gasteiger partial charge on any atom is 0.318 e. The van der Waals surface area contributed by atoms with E-state index in [9.17, 15) is 13.6 Å². The molecule has 0 bridgehead atoms. The minimum atomic E-state index is -0.626. The van der Waals surface area contributed by atoms with E-state index in [0.29, 0.717) is 12.1 Å². The van der Waals surface area contributed by atoms with Crippen molar-refractivity contribution >= 4 is 17.4 Å². The van der Waals surface area contributed by atoms with E-state index in [1.165, 1.54) is 23.5 Å². The van der Waals surface area contributed by atoms with E-state index in [4.69, 9.17) is 0 Å². The average Bonchev–Trinajstić information content (AvgIpc) is 3.26. The number of nitrogens with zero attached hydrogens (tertiary/aromatic N) is 2. The van der Waals surface area contributed by atoms with Gasteiger partial charge in [0.15, 0.2) is 0 Å². The second kappa shape index (κ2) is 6.62. The zero-order valence-corrected chi connectivity index (χ0v) is 13.5. The number of benzene rings is 1. The predicted molar refractivity (Wildman–Crippen MR) is 84.0 cm³/mol. The van der Waals surface area contributed by atoms with Gasteiger partial charge in [-0.15, -0.1) is 11.3 Å². The SMILES string of the molecule is Cc1cnc(CNC(=O)N(Cc2ccc(F)cc2F)C2CC2)s1. The predicted octanol–water partition coefficient (Wildman–Crippen LogP) is 3.60. The Morgan fingerprint density at radius 3 is 2.83 bits per heavy atom. The number of carbonyl (C=O) groups is 1. The fraction of sp³-hybridized carbons (Fsp3) is 0.375. The zero-order valence-electron chi connectivity index (χ0n) is 12.7. The van der Waals surface area contributed by atoms with Crippen molar-refractivity contribution in [3.05, 3.63) is 51.5 Å². The quantitative estimate of drug-likeness (QED) is 0.906. The molecule has 2 amide bonds. The van der Waals surface area contributed by atoms with E-state index < -0.39 is 11.6 Å². The molecule has 0 aliphatic heterocycles. The summed E-state index contributed by atoms with van der Waals surface area (Å²) in [6, 6.07) is 3.31. The number of hydrogen-bond donors (Lipinski definition) is 1. The Morgan fingerprint density at radius 1 is 1.43 bits per heavy atom. The summed E-state index contributed by atoms with van der Waals surface area (Å²) in [5.74, 6) is -1.24. The van der Waals surface area contributed by atoms with Gasteiger partial charge in [0, 0.05) is 28.7 Å². The highest BCUT2D eigenvalue weighted by Crippen LogP contribution is 2.29. The fourth-order valence-electron chi connectivity index (χ4n) is 2.32. The van der Waals surface area contributed by atoms with Gasteiger partial charge in [-0.1, -0.05) is 6.07 Å². The summed E-state index contributed by atoms with van der Waals surface area (Å²) in [5, 5.41) is 3.66. The van der Waals surface area contributed by atoms with Crippen molar-refractivity contribution in [2.45, 2.75) is 38.9 Å². The number of urea groups is 1. The fourth-order valence-corrected chi connectivity index (χ4v) is 3.05. The number of amides is 2. The van der Waals surface area contributed by atoms with E-state index in [1.807, 2.05) is 6.92 Å². The molecule has 23 heavy (non-hydrogen) atoms. The van der Waals surface area contributed by atoms with Crippen molar-refractivity contribution in [1.82, 2.24) is 15.2 Å². The van der Waals surface area contributed by atoms with Gasteiger partial charge in [-0.2, -0.15) is 0 Å². The molecule has 1 saturated carbocycles. The lowest BCUT2D eigenvalue weighted by atomic mass is 10.2. The van der Waals surface area contributed by atoms with Gasteiger partial charge < -0.3 is 10.2 Å². The van der Waals surface area contributed by atoms with Gasteiger partial charge in [-0.3, -0.25) is 0 Å². The van der Waals surface area contributed by atoms with Crippen LogP contribution >= 0.6 is 11.3 Å². The highest BCUT2D eigenvalue weighted by atomic mass is 32.1. The third-order valence-corrected chi connectivity index (χ3v) is 4.58. The third-order valence-electron chi connectivity index (χ3n) is 3.66. The van der Waals surface area contributed by atoms with Gasteiger partial charge in [0.1, 0.15) is 16.6 Å². The maximum atomic E-state index is 13.8. The van der Waals surface area contributed by atoms with Crippen LogP contribution < -0.4 is 5.32 Å². The molecular weight excluding hydrogens is 320 g/mol. The van der Waals surface area contributed by atoms with Crippen LogP contribution in [0.3, 0.4) is 0 Å². The zero-order chi connectivity index (χ0) is 16.4. The van der Waals surface area contributed by atoms with Crippen LogP contribution in [-0.4, -0.2) is 22.0 Å². The summed E-state index contributed by atoms with van der Waals surface area (Å²) in [4.78, 5) is 19.3. The van der Waals surface area contributed by atoms with Gasteiger partial charge in [-0.25, -0.2) is 18.6 Å². The minimum Gasteiger partial charge on any atom is -0.331 e. The van der Waals surface area contributed by atoms with Crippen LogP contribution in [0.4, 0.5) is 13.6 Å². The third kappa shape index (κ3) is 4.04. The van der Waals surface area contributed by atoms with Crippen molar-refractivity contribution in [2.75, 3.05) is 0 Å². The molecule has 1 aliphatic carbocycles. The molecule has 1 aromatic heterocycles. The number of aryl methyl sites for hydroxylation is 1. The van der Waals surface area contributed by atoms with E-state index in [1.54, 1.807) is 11.1 Å². The lowest BCUT2D eigenvalue weighted by Crippen LogP contribution is -2.40. The molecule has 4 nitrogen and oxygen atoms in total. The van der Waals surface area contributed by atoms with Crippen molar-refractivity contribution in [1.29, 1.82) is 0 Å². The Hall–Kier alpha value is -2.02. The first-order valence-corrected chi connectivity index (χ1v) is 8.24. The molecule has 0 saturated heterocycles. The van der Waals surface area contributed by atoms with Crippen LogP contribution in [0.1, 0.15) is 28.3 Å². The smallest absolute Gasteiger partial charge is 0.318 e. The van der Waals surface area contributed by atoms with Crippen LogP contribution in [0.2, 0.25) is 0 Å². The highest BCUT2D eigenvalue weighted by Gasteiger charge is 2.33. The maximum absolute atomic E-state index is 13.8. The first-order valence-electron chi connectivity index (χ1n) is 7.42. The van der Waals surface area contributed by atoms with Crippen LogP contribution in [0, 0.1) is 18.6 Å². The molecule has 1 heterocycles. The monoisotopic (exact) mass is 337 g/mol. The normalized spacial score (nSPS) is 13.9. The minimum absolute atomic E-state index is 0.123. The number of nitrogens with one attached hydrogen (secondary N) is 1. The molecule has 2 aromatic rings. The molecule has 1 N–H and O–H groups in total. The Balaban J connectivity index is 1.65. The Labute approximate surface area is 137 Å². The van der Waals surface area contributed by atoms with Gasteiger partial charge >= 0.3 is 6.03 Å². The molecular formula is C16H17F2N3OS. The summed E-state index contributed by atoms with van der Waals surface area (Å²) in [5.41, 5.74) is 0.318. The number of halogens is 2. The number of rotatable bonds is 5. The summed E-state index contributed by atoms with van der Waals surface area (Å²) < 4.78 is 26.8. The summed E-state index contributed by atoms with van der Waals surface area (Å²) in [6.07, 6.45) is 3.58. The van der Waals surface area contributed by atoms with Crippen LogP contribution in [0.15, 0.2) is 24.4 Å². The standard InChI is InChI=1S/C16H17F2N3OS/c1-10-7-19-15(23-10)8-20-16(22)21(13-4-5-13)9-11-2-3-12(17)6-14(11)18/h2-3,6-7,13H,4-5,8-9H2,1H3,(H,20,22). The molecule has 7 heteroatoms. The van der Waals surface area contributed by atoms with Gasteiger partial charge in [0.25, 0.3) is 0 Å². The molecule has 1 aromatic carbocycles. The molecule has 0 radical (unpaired) electrons. The molecule has 0 unspecified atom stereocenters. The van der Waals surface area contributed by atoms with Gasteiger partial charge in [0.05, 0.1) is 13.1 Å². The Bertz CT molecular complexity index is 715.